The van der Waals surface area contributed by atoms with Gasteiger partial charge in [0.25, 0.3) is 0 Å². The van der Waals surface area contributed by atoms with Gasteiger partial charge in [-0.3, -0.25) is 0 Å². The maximum Gasteiger partial charge on any atom is 0.417 e. The highest BCUT2D eigenvalue weighted by Crippen LogP contribution is 2.36. The normalized spacial score (nSPS) is 16.5. The van der Waals surface area contributed by atoms with E-state index in [1.165, 1.54) is 6.20 Å². The number of benzene rings is 1. The highest BCUT2D eigenvalue weighted by Gasteiger charge is 2.39. The molecular formula is C14H12ClF3N4O2S. The zero-order chi connectivity index (χ0) is 18.2. The Morgan fingerprint density at radius 2 is 1.96 bits per heavy atom. The Morgan fingerprint density at radius 3 is 2.56 bits per heavy atom. The van der Waals surface area contributed by atoms with Crippen molar-refractivity contribution in [3.05, 3.63) is 47.1 Å². The second kappa shape index (κ2) is 6.43. The summed E-state index contributed by atoms with van der Waals surface area (Å²) in [6.07, 6.45) is -3.23. The Labute approximate surface area is 146 Å². The molecule has 1 aliphatic heterocycles. The summed E-state index contributed by atoms with van der Waals surface area (Å²) in [7, 11) is -4.03. The first-order chi connectivity index (χ1) is 11.7. The molecule has 0 atom stereocenters. The van der Waals surface area contributed by atoms with E-state index in [1.807, 2.05) is 0 Å². The molecule has 0 amide bonds. The van der Waals surface area contributed by atoms with Gasteiger partial charge in [-0.2, -0.15) is 22.6 Å². The first kappa shape index (κ1) is 17.9. The van der Waals surface area contributed by atoms with E-state index in [9.17, 15) is 21.6 Å². The Hall–Kier alpha value is -1.91. The van der Waals surface area contributed by atoms with Gasteiger partial charge in [-0.25, -0.2) is 8.42 Å². The molecule has 1 saturated heterocycles. The number of alkyl halides is 3. The van der Waals surface area contributed by atoms with E-state index < -0.39 is 31.7 Å². The van der Waals surface area contributed by atoms with Crippen LogP contribution < -0.4 is 5.32 Å². The van der Waals surface area contributed by atoms with Crippen LogP contribution in [0.4, 0.5) is 19.0 Å². The molecule has 25 heavy (non-hydrogen) atoms. The van der Waals surface area contributed by atoms with Gasteiger partial charge >= 0.3 is 6.18 Å². The molecule has 0 radical (unpaired) electrons. The molecule has 1 aromatic heterocycles. The van der Waals surface area contributed by atoms with Crippen molar-refractivity contribution >= 4 is 27.4 Å². The summed E-state index contributed by atoms with van der Waals surface area (Å²) in [6.45, 7) is 0.228. The molecule has 2 heterocycles. The van der Waals surface area contributed by atoms with Crippen LogP contribution in [0.1, 0.15) is 5.56 Å². The molecule has 0 unspecified atom stereocenters. The molecule has 0 saturated carbocycles. The van der Waals surface area contributed by atoms with Crippen molar-refractivity contribution in [3.63, 3.8) is 0 Å². The summed E-state index contributed by atoms with van der Waals surface area (Å²) in [4.78, 5) is -0.442. The lowest BCUT2D eigenvalue weighted by Gasteiger charge is -2.38. The van der Waals surface area contributed by atoms with Crippen molar-refractivity contribution in [2.24, 2.45) is 0 Å². The van der Waals surface area contributed by atoms with E-state index in [0.29, 0.717) is 11.9 Å². The molecule has 6 nitrogen and oxygen atoms in total. The SMILES string of the molecule is O=S(=O)(c1ccc(Cl)c(C(F)(F)F)c1)N1CC(Nc2cccnn2)C1. The number of aromatic nitrogens is 2. The van der Waals surface area contributed by atoms with Gasteiger partial charge in [0, 0.05) is 19.3 Å². The van der Waals surface area contributed by atoms with E-state index >= 15 is 0 Å². The zero-order valence-corrected chi connectivity index (χ0v) is 14.1. The topological polar surface area (TPSA) is 75.2 Å². The number of sulfonamides is 1. The lowest BCUT2D eigenvalue weighted by Crippen LogP contribution is -2.56. The van der Waals surface area contributed by atoms with Gasteiger partial charge in [-0.05, 0) is 30.3 Å². The second-order valence-corrected chi connectivity index (χ2v) is 7.76. The number of halogens is 4. The molecule has 1 aliphatic rings. The predicted octanol–water partition coefficient (Wildman–Crippen LogP) is 2.63. The fourth-order valence-electron chi connectivity index (χ4n) is 2.34. The van der Waals surface area contributed by atoms with Crippen LogP contribution in [0, 0.1) is 0 Å². The largest absolute Gasteiger partial charge is 0.417 e. The van der Waals surface area contributed by atoms with Gasteiger partial charge < -0.3 is 5.32 Å². The highest BCUT2D eigenvalue weighted by atomic mass is 35.5. The van der Waals surface area contributed by atoms with Gasteiger partial charge in [0.1, 0.15) is 5.82 Å². The van der Waals surface area contributed by atoms with Crippen LogP contribution in [0.5, 0.6) is 0 Å². The monoisotopic (exact) mass is 392 g/mol. The molecule has 1 fully saturated rings. The third kappa shape index (κ3) is 3.70. The molecule has 0 spiro atoms. The Bertz CT molecular complexity index is 871. The number of hydrogen-bond donors (Lipinski definition) is 1. The van der Waals surface area contributed by atoms with Crippen molar-refractivity contribution in [3.8, 4) is 0 Å². The van der Waals surface area contributed by atoms with Crippen LogP contribution >= 0.6 is 11.6 Å². The molecule has 11 heteroatoms. The maximum absolute atomic E-state index is 12.9. The van der Waals surface area contributed by atoms with Crippen molar-refractivity contribution < 1.29 is 21.6 Å². The summed E-state index contributed by atoms with van der Waals surface area (Å²) in [5, 5.41) is 9.97. The summed E-state index contributed by atoms with van der Waals surface area (Å²) in [6, 6.07) is 5.72. The molecule has 0 bridgehead atoms. The van der Waals surface area contributed by atoms with Crippen molar-refractivity contribution in [1.29, 1.82) is 0 Å². The van der Waals surface area contributed by atoms with Gasteiger partial charge in [0.05, 0.1) is 21.5 Å². The highest BCUT2D eigenvalue weighted by molar-refractivity contribution is 7.89. The van der Waals surface area contributed by atoms with Crippen molar-refractivity contribution in [1.82, 2.24) is 14.5 Å². The summed E-state index contributed by atoms with van der Waals surface area (Å²) < 4.78 is 64.7. The second-order valence-electron chi connectivity index (χ2n) is 5.41. The molecule has 3 rings (SSSR count). The number of nitrogens with one attached hydrogen (secondary N) is 1. The molecular weight excluding hydrogens is 381 g/mol. The molecule has 1 N–H and O–H groups in total. The summed E-state index contributed by atoms with van der Waals surface area (Å²) >= 11 is 5.52. The number of rotatable bonds is 4. The standard InChI is InChI=1S/C14H12ClF3N4O2S/c15-12-4-3-10(6-11(12)14(16,17)18)25(23,24)22-7-9(8-22)20-13-2-1-5-19-21-13/h1-6,9H,7-8H2,(H,20,21). The van der Waals surface area contributed by atoms with Crippen molar-refractivity contribution in [2.45, 2.75) is 17.1 Å². The Kier molecular flexibility index (Phi) is 4.60. The minimum Gasteiger partial charge on any atom is -0.363 e. The fourth-order valence-corrected chi connectivity index (χ4v) is 4.13. The number of nitrogens with zero attached hydrogens (tertiary/aromatic N) is 3. The van der Waals surface area contributed by atoms with Crippen LogP contribution in [0.3, 0.4) is 0 Å². The third-order valence-corrected chi connectivity index (χ3v) is 5.81. The first-order valence-electron chi connectivity index (χ1n) is 7.09. The van der Waals surface area contributed by atoms with E-state index in [4.69, 9.17) is 11.6 Å². The Morgan fingerprint density at radius 1 is 1.24 bits per heavy atom. The van der Waals surface area contributed by atoms with Gasteiger partial charge in [0.15, 0.2) is 0 Å². The molecule has 134 valence electrons. The maximum atomic E-state index is 12.9. The van der Waals surface area contributed by atoms with Crippen LogP contribution in [0.2, 0.25) is 5.02 Å². The van der Waals surface area contributed by atoms with Crippen LogP contribution in [-0.2, 0) is 16.2 Å². The third-order valence-electron chi connectivity index (χ3n) is 3.65. The van der Waals surface area contributed by atoms with Crippen molar-refractivity contribution in [2.75, 3.05) is 18.4 Å². The lowest BCUT2D eigenvalue weighted by molar-refractivity contribution is -0.137. The first-order valence-corrected chi connectivity index (χ1v) is 8.91. The van der Waals surface area contributed by atoms with Crippen LogP contribution in [0.25, 0.3) is 0 Å². The van der Waals surface area contributed by atoms with Crippen LogP contribution in [0.15, 0.2) is 41.4 Å². The minimum absolute atomic E-state index is 0.114. The lowest BCUT2D eigenvalue weighted by atomic mass is 10.2. The predicted molar refractivity (Wildman–Crippen MR) is 84.7 cm³/mol. The zero-order valence-electron chi connectivity index (χ0n) is 12.5. The molecule has 2 aromatic rings. The summed E-state index contributed by atoms with van der Waals surface area (Å²) in [5.41, 5.74) is -1.18. The van der Waals surface area contributed by atoms with Gasteiger partial charge in [0.2, 0.25) is 10.0 Å². The average Bonchev–Trinajstić information content (AvgIpc) is 2.50. The number of hydrogen-bond acceptors (Lipinski definition) is 5. The van der Waals surface area contributed by atoms with E-state index in [-0.39, 0.29) is 19.1 Å². The quantitative estimate of drug-likeness (QED) is 0.865. The van der Waals surface area contributed by atoms with Gasteiger partial charge in [-0.1, -0.05) is 11.6 Å². The van der Waals surface area contributed by atoms with E-state index in [2.05, 4.69) is 15.5 Å². The Balaban J connectivity index is 1.74. The summed E-state index contributed by atoms with van der Waals surface area (Å²) in [5.74, 6) is 0.496. The minimum atomic E-state index is -4.73. The average molecular weight is 393 g/mol. The number of anilines is 1. The van der Waals surface area contributed by atoms with E-state index in [1.54, 1.807) is 12.1 Å². The smallest absolute Gasteiger partial charge is 0.363 e. The van der Waals surface area contributed by atoms with Gasteiger partial charge in [-0.15, -0.1) is 5.10 Å². The molecule has 0 aliphatic carbocycles. The molecule has 1 aromatic carbocycles. The van der Waals surface area contributed by atoms with E-state index in [0.717, 1.165) is 16.4 Å². The fraction of sp³-hybridized carbons (Fsp3) is 0.286. The van der Waals surface area contributed by atoms with Crippen LogP contribution in [-0.4, -0.2) is 42.1 Å².